The van der Waals surface area contributed by atoms with E-state index in [4.69, 9.17) is 6.85 Å². The first kappa shape index (κ1) is 9.75. The van der Waals surface area contributed by atoms with Crippen LogP contribution in [0, 0.1) is 0 Å². The quantitative estimate of drug-likeness (QED) is 0.623. The van der Waals surface area contributed by atoms with E-state index in [2.05, 4.69) is 30.7 Å². The van der Waals surface area contributed by atoms with E-state index in [0.29, 0.717) is 5.56 Å². The Kier molecular flexibility index (Phi) is 2.61. The lowest BCUT2D eigenvalue weighted by Crippen LogP contribution is -2.37. The summed E-state index contributed by atoms with van der Waals surface area (Å²) in [7, 11) is -1.43. The molecule has 2 aromatic carbocycles. The van der Waals surface area contributed by atoms with E-state index in [1.54, 1.807) is 6.07 Å². The SMILES string of the molecule is [2H]c1c([2H])c([2H])c(-c2cccc(-c3ccc([Si](C)(C)C)cn3)c2)c([2H])c1[2H]. The van der Waals surface area contributed by atoms with Crippen molar-refractivity contribution in [2.75, 3.05) is 0 Å². The second kappa shape index (κ2) is 5.89. The van der Waals surface area contributed by atoms with Gasteiger partial charge in [-0.15, -0.1) is 0 Å². The van der Waals surface area contributed by atoms with Gasteiger partial charge in [0, 0.05) is 11.8 Å². The van der Waals surface area contributed by atoms with Crippen molar-refractivity contribution < 1.29 is 6.85 Å². The minimum Gasteiger partial charge on any atom is -0.256 e. The Morgan fingerprint density at radius 2 is 1.59 bits per heavy atom. The molecule has 0 amide bonds. The summed E-state index contributed by atoms with van der Waals surface area (Å²) >= 11 is 0. The first-order valence-corrected chi connectivity index (χ1v) is 10.8. The van der Waals surface area contributed by atoms with Crippen LogP contribution in [0.4, 0.5) is 0 Å². The molecule has 0 bridgehead atoms. The molecule has 1 heterocycles. The number of aromatic nitrogens is 1. The van der Waals surface area contributed by atoms with Crippen LogP contribution in [0.1, 0.15) is 6.85 Å². The molecule has 0 aliphatic heterocycles. The van der Waals surface area contributed by atoms with Gasteiger partial charge in [-0.3, -0.25) is 4.98 Å². The summed E-state index contributed by atoms with van der Waals surface area (Å²) < 4.78 is 39.8. The van der Waals surface area contributed by atoms with E-state index >= 15 is 0 Å². The highest BCUT2D eigenvalue weighted by atomic mass is 28.3. The maximum absolute atomic E-state index is 8.16. The van der Waals surface area contributed by atoms with Crippen molar-refractivity contribution in [3.05, 3.63) is 72.8 Å². The molecule has 2 heteroatoms. The first-order chi connectivity index (χ1) is 12.6. The van der Waals surface area contributed by atoms with Gasteiger partial charge in [-0.05, 0) is 28.4 Å². The molecule has 0 saturated heterocycles. The minimum absolute atomic E-state index is 0.194. The van der Waals surface area contributed by atoms with Crippen LogP contribution in [0.5, 0.6) is 0 Å². The number of benzene rings is 2. The lowest BCUT2D eigenvalue weighted by atomic mass is 10.0. The average Bonchev–Trinajstić information content (AvgIpc) is 2.65. The Labute approximate surface area is 140 Å². The Morgan fingerprint density at radius 1 is 0.864 bits per heavy atom. The van der Waals surface area contributed by atoms with Gasteiger partial charge in [0.05, 0.1) is 20.6 Å². The Bertz CT molecular complexity index is 981. The van der Waals surface area contributed by atoms with Gasteiger partial charge in [-0.25, -0.2) is 0 Å². The number of hydrogen-bond acceptors (Lipinski definition) is 1. The zero-order valence-corrected chi connectivity index (χ0v) is 14.0. The molecule has 1 aromatic heterocycles. The predicted molar refractivity (Wildman–Crippen MR) is 98.1 cm³/mol. The lowest BCUT2D eigenvalue weighted by Gasteiger charge is -2.16. The van der Waals surface area contributed by atoms with Gasteiger partial charge in [0.15, 0.2) is 0 Å². The van der Waals surface area contributed by atoms with Crippen molar-refractivity contribution in [1.29, 1.82) is 0 Å². The summed E-state index contributed by atoms with van der Waals surface area (Å²) in [6, 6.07) is 9.98. The molecule has 0 fully saturated rings. The fourth-order valence-electron chi connectivity index (χ4n) is 2.24. The van der Waals surface area contributed by atoms with Gasteiger partial charge in [0.25, 0.3) is 0 Å². The minimum atomic E-state index is -1.43. The largest absolute Gasteiger partial charge is 0.256 e. The lowest BCUT2D eigenvalue weighted by molar-refractivity contribution is 1.34. The molecule has 0 N–H and O–H groups in total. The van der Waals surface area contributed by atoms with Crippen LogP contribution in [0.2, 0.25) is 19.6 Å². The maximum Gasteiger partial charge on any atom is 0.0796 e. The zero-order chi connectivity index (χ0) is 19.9. The van der Waals surface area contributed by atoms with Crippen molar-refractivity contribution in [3.63, 3.8) is 0 Å². The van der Waals surface area contributed by atoms with Crippen LogP contribution in [-0.2, 0) is 0 Å². The molecular formula is C20H21NSi. The fourth-order valence-corrected chi connectivity index (χ4v) is 3.27. The molecule has 3 aromatic rings. The van der Waals surface area contributed by atoms with Crippen molar-refractivity contribution in [1.82, 2.24) is 4.98 Å². The molecular weight excluding hydrogens is 282 g/mol. The van der Waals surface area contributed by atoms with Crippen molar-refractivity contribution >= 4 is 13.3 Å². The van der Waals surface area contributed by atoms with E-state index < -0.39 is 8.07 Å². The van der Waals surface area contributed by atoms with Crippen LogP contribution >= 0.6 is 0 Å². The topological polar surface area (TPSA) is 12.9 Å². The van der Waals surface area contributed by atoms with Crippen LogP contribution in [0.15, 0.2) is 72.8 Å². The van der Waals surface area contributed by atoms with Gasteiger partial charge >= 0.3 is 0 Å². The van der Waals surface area contributed by atoms with Crippen molar-refractivity contribution in [2.45, 2.75) is 19.6 Å². The molecule has 0 unspecified atom stereocenters. The van der Waals surface area contributed by atoms with Gasteiger partial charge in [-0.1, -0.05) is 74.1 Å². The van der Waals surface area contributed by atoms with E-state index in [1.165, 1.54) is 5.19 Å². The van der Waals surface area contributed by atoms with Crippen molar-refractivity contribution in [2.24, 2.45) is 0 Å². The molecule has 0 aliphatic carbocycles. The number of hydrogen-bond donors (Lipinski definition) is 0. The van der Waals surface area contributed by atoms with Gasteiger partial charge in [0.1, 0.15) is 0 Å². The smallest absolute Gasteiger partial charge is 0.0796 e. The molecule has 0 aliphatic rings. The molecule has 1 nitrogen and oxygen atoms in total. The summed E-state index contributed by atoms with van der Waals surface area (Å²) in [6.45, 7) is 6.80. The summed E-state index contributed by atoms with van der Waals surface area (Å²) in [6.07, 6.45) is 1.92. The Morgan fingerprint density at radius 3 is 2.23 bits per heavy atom. The average molecular weight is 309 g/mol. The molecule has 3 rings (SSSR count). The molecule has 0 saturated carbocycles. The fraction of sp³-hybridized carbons (Fsp3) is 0.150. The molecule has 0 radical (unpaired) electrons. The highest BCUT2D eigenvalue weighted by molar-refractivity contribution is 6.88. The molecule has 0 spiro atoms. The van der Waals surface area contributed by atoms with Gasteiger partial charge < -0.3 is 0 Å². The second-order valence-electron chi connectivity index (χ2n) is 6.26. The Hall–Kier alpha value is -2.19. The van der Waals surface area contributed by atoms with Gasteiger partial charge in [-0.2, -0.15) is 0 Å². The first-order valence-electron chi connectivity index (χ1n) is 9.75. The third-order valence-electron chi connectivity index (χ3n) is 3.58. The number of nitrogens with zero attached hydrogens (tertiary/aromatic N) is 1. The summed E-state index contributed by atoms with van der Waals surface area (Å²) in [5.41, 5.74) is 2.44. The van der Waals surface area contributed by atoms with Gasteiger partial charge in [0.2, 0.25) is 0 Å². The second-order valence-corrected chi connectivity index (χ2v) is 11.3. The highest BCUT2D eigenvalue weighted by Gasteiger charge is 2.16. The number of pyridine rings is 1. The third kappa shape index (κ3) is 3.17. The third-order valence-corrected chi connectivity index (χ3v) is 5.60. The molecule has 110 valence electrons. The molecule has 22 heavy (non-hydrogen) atoms. The van der Waals surface area contributed by atoms with Crippen LogP contribution in [0.25, 0.3) is 22.4 Å². The van der Waals surface area contributed by atoms with E-state index in [0.717, 1.165) is 11.3 Å². The number of rotatable bonds is 3. The van der Waals surface area contributed by atoms with Crippen LogP contribution in [-0.4, -0.2) is 13.1 Å². The van der Waals surface area contributed by atoms with Crippen LogP contribution < -0.4 is 5.19 Å². The van der Waals surface area contributed by atoms with Crippen LogP contribution in [0.3, 0.4) is 0 Å². The standard InChI is InChI=1S/C20H21NSi/c1-22(2,3)19-12-13-20(21-15-19)18-11-7-10-17(14-18)16-8-5-4-6-9-16/h4-15H,1-3H3/i4D,5D,6D,8D,9D. The molecule has 0 atom stereocenters. The maximum atomic E-state index is 8.16. The zero-order valence-electron chi connectivity index (χ0n) is 18.0. The van der Waals surface area contributed by atoms with Crippen molar-refractivity contribution in [3.8, 4) is 22.4 Å². The van der Waals surface area contributed by atoms with E-state index in [9.17, 15) is 0 Å². The Balaban J connectivity index is 2.10. The normalized spacial score (nSPS) is 14.6. The predicted octanol–water partition coefficient (Wildman–Crippen LogP) is 4.96. The van der Waals surface area contributed by atoms with E-state index in [-0.39, 0.29) is 35.8 Å². The monoisotopic (exact) mass is 308 g/mol. The summed E-state index contributed by atoms with van der Waals surface area (Å²) in [5, 5.41) is 1.27. The summed E-state index contributed by atoms with van der Waals surface area (Å²) in [5.74, 6) is 0. The highest BCUT2D eigenvalue weighted by Crippen LogP contribution is 2.24. The summed E-state index contributed by atoms with van der Waals surface area (Å²) in [4.78, 5) is 4.58. The van der Waals surface area contributed by atoms with E-state index in [1.807, 2.05) is 30.5 Å².